The monoisotopic (exact) mass is 503 g/mol. The van der Waals surface area contributed by atoms with Gasteiger partial charge in [-0.05, 0) is 62.2 Å². The first-order chi connectivity index (χ1) is 15.8. The van der Waals surface area contributed by atoms with Gasteiger partial charge in [0, 0.05) is 23.7 Å². The van der Waals surface area contributed by atoms with E-state index in [2.05, 4.69) is 10.3 Å². The third kappa shape index (κ3) is 5.60. The minimum atomic E-state index is -0.552. The van der Waals surface area contributed by atoms with Gasteiger partial charge in [0.2, 0.25) is 11.8 Å². The standard InChI is InChI=1S/C24H23Cl2N3O3S/c1-14(30)15-6-8-16(9-7-15)27-22(31)13-21-23(32)29(18-4-2-3-5-18)24(33-21)28-17-10-11-19(25)20(26)12-17/h6-12,18,21H,2-5,13H2,1H3,(H,27,31)/t21-/m0/s1. The van der Waals surface area contributed by atoms with Crippen molar-refractivity contribution in [3.05, 3.63) is 58.1 Å². The highest BCUT2D eigenvalue weighted by Gasteiger charge is 2.43. The van der Waals surface area contributed by atoms with Crippen molar-refractivity contribution in [3.8, 4) is 0 Å². The highest BCUT2D eigenvalue weighted by molar-refractivity contribution is 8.15. The van der Waals surface area contributed by atoms with Crippen LogP contribution in [0.2, 0.25) is 10.0 Å². The lowest BCUT2D eigenvalue weighted by Gasteiger charge is -2.23. The van der Waals surface area contributed by atoms with E-state index in [4.69, 9.17) is 23.2 Å². The topological polar surface area (TPSA) is 78.8 Å². The average molecular weight is 504 g/mol. The van der Waals surface area contributed by atoms with Crippen LogP contribution in [0.4, 0.5) is 11.4 Å². The molecule has 1 atom stereocenters. The number of aliphatic imine (C=N–C) groups is 1. The normalized spacial score (nSPS) is 20.0. The van der Waals surface area contributed by atoms with E-state index in [0.717, 1.165) is 25.7 Å². The number of benzene rings is 2. The Morgan fingerprint density at radius 3 is 2.42 bits per heavy atom. The predicted octanol–water partition coefficient (Wildman–Crippen LogP) is 6.10. The summed E-state index contributed by atoms with van der Waals surface area (Å²) in [5.41, 5.74) is 1.76. The van der Waals surface area contributed by atoms with Crippen molar-refractivity contribution < 1.29 is 14.4 Å². The molecule has 2 aliphatic rings. The lowest BCUT2D eigenvalue weighted by Crippen LogP contribution is -2.40. The number of hydrogen-bond acceptors (Lipinski definition) is 5. The van der Waals surface area contributed by atoms with E-state index in [-0.39, 0.29) is 30.1 Å². The molecule has 2 aromatic carbocycles. The molecule has 1 saturated heterocycles. The Bertz CT molecular complexity index is 1110. The summed E-state index contributed by atoms with van der Waals surface area (Å²) >= 11 is 13.5. The zero-order valence-corrected chi connectivity index (χ0v) is 20.3. The first-order valence-corrected chi connectivity index (χ1v) is 12.4. The number of carbonyl (C=O) groups is 3. The van der Waals surface area contributed by atoms with Gasteiger partial charge in [0.25, 0.3) is 0 Å². The number of hydrogen-bond donors (Lipinski definition) is 1. The highest BCUT2D eigenvalue weighted by Crippen LogP contribution is 2.38. The van der Waals surface area contributed by atoms with E-state index in [1.54, 1.807) is 47.4 Å². The number of rotatable bonds is 6. The van der Waals surface area contributed by atoms with Gasteiger partial charge < -0.3 is 5.32 Å². The molecule has 9 heteroatoms. The molecule has 2 aromatic rings. The average Bonchev–Trinajstić information content (AvgIpc) is 3.39. The molecule has 1 aliphatic heterocycles. The van der Waals surface area contributed by atoms with Gasteiger partial charge in [0.05, 0.1) is 15.7 Å². The van der Waals surface area contributed by atoms with Gasteiger partial charge in [-0.2, -0.15) is 0 Å². The van der Waals surface area contributed by atoms with Crippen LogP contribution >= 0.6 is 35.0 Å². The van der Waals surface area contributed by atoms with Crippen LogP contribution in [0.25, 0.3) is 0 Å². The number of nitrogens with zero attached hydrogens (tertiary/aromatic N) is 2. The van der Waals surface area contributed by atoms with E-state index < -0.39 is 5.25 Å². The Balaban J connectivity index is 1.50. The number of amides is 2. The summed E-state index contributed by atoms with van der Waals surface area (Å²) in [4.78, 5) is 43.8. The molecule has 0 bridgehead atoms. The van der Waals surface area contributed by atoms with Gasteiger partial charge in [0.1, 0.15) is 5.25 Å². The second-order valence-corrected chi connectivity index (χ2v) is 10.1. The molecule has 1 N–H and O–H groups in total. The molecule has 1 saturated carbocycles. The minimum absolute atomic E-state index is 0.0293. The maximum absolute atomic E-state index is 13.3. The van der Waals surface area contributed by atoms with E-state index in [1.807, 2.05) is 0 Å². The second kappa shape index (κ2) is 10.3. The Labute approximate surface area is 206 Å². The van der Waals surface area contributed by atoms with Gasteiger partial charge in [-0.25, -0.2) is 4.99 Å². The molecule has 2 fully saturated rings. The van der Waals surface area contributed by atoms with E-state index in [0.29, 0.717) is 32.2 Å². The summed E-state index contributed by atoms with van der Waals surface area (Å²) < 4.78 is 0. The minimum Gasteiger partial charge on any atom is -0.326 e. The molecule has 33 heavy (non-hydrogen) atoms. The maximum Gasteiger partial charge on any atom is 0.242 e. The van der Waals surface area contributed by atoms with Crippen molar-refractivity contribution in [3.63, 3.8) is 0 Å². The van der Waals surface area contributed by atoms with Crippen molar-refractivity contribution in [2.45, 2.75) is 50.3 Å². The number of halogens is 2. The smallest absolute Gasteiger partial charge is 0.242 e. The van der Waals surface area contributed by atoms with Gasteiger partial charge in [-0.1, -0.05) is 47.8 Å². The second-order valence-electron chi connectivity index (χ2n) is 8.13. The molecular weight excluding hydrogens is 481 g/mol. The molecule has 1 aliphatic carbocycles. The number of carbonyl (C=O) groups excluding carboxylic acids is 3. The molecule has 0 aromatic heterocycles. The Morgan fingerprint density at radius 1 is 1.09 bits per heavy atom. The number of nitrogens with one attached hydrogen (secondary N) is 1. The summed E-state index contributed by atoms with van der Waals surface area (Å²) in [6.07, 6.45) is 4.02. The van der Waals surface area contributed by atoms with Crippen LogP contribution in [-0.2, 0) is 9.59 Å². The van der Waals surface area contributed by atoms with Crippen LogP contribution in [0.3, 0.4) is 0 Å². The SMILES string of the molecule is CC(=O)c1ccc(NC(=O)C[C@@H]2SC(=Nc3ccc(Cl)c(Cl)c3)N(C3CCCC3)C2=O)cc1. The van der Waals surface area contributed by atoms with Crippen molar-refractivity contribution in [1.29, 1.82) is 0 Å². The lowest BCUT2D eigenvalue weighted by atomic mass is 10.1. The Morgan fingerprint density at radius 2 is 1.79 bits per heavy atom. The zero-order chi connectivity index (χ0) is 23.5. The molecule has 6 nitrogen and oxygen atoms in total. The van der Waals surface area contributed by atoms with Crippen LogP contribution in [-0.4, -0.2) is 39.0 Å². The fraction of sp³-hybridized carbons (Fsp3) is 0.333. The highest BCUT2D eigenvalue weighted by atomic mass is 35.5. The summed E-state index contributed by atoms with van der Waals surface area (Å²) in [7, 11) is 0. The first-order valence-electron chi connectivity index (χ1n) is 10.8. The van der Waals surface area contributed by atoms with Crippen LogP contribution in [0.1, 0.15) is 49.4 Å². The third-order valence-electron chi connectivity index (χ3n) is 5.73. The van der Waals surface area contributed by atoms with Gasteiger partial charge in [-0.15, -0.1) is 0 Å². The lowest BCUT2D eigenvalue weighted by molar-refractivity contribution is -0.129. The fourth-order valence-corrected chi connectivity index (χ4v) is 5.53. The van der Waals surface area contributed by atoms with E-state index in [1.165, 1.54) is 18.7 Å². The Hall–Kier alpha value is -2.35. The molecule has 1 heterocycles. The van der Waals surface area contributed by atoms with Crippen molar-refractivity contribution >= 4 is 69.1 Å². The van der Waals surface area contributed by atoms with Crippen LogP contribution in [0.5, 0.6) is 0 Å². The molecule has 0 radical (unpaired) electrons. The maximum atomic E-state index is 13.3. The van der Waals surface area contributed by atoms with E-state index in [9.17, 15) is 14.4 Å². The zero-order valence-electron chi connectivity index (χ0n) is 18.0. The predicted molar refractivity (Wildman–Crippen MR) is 134 cm³/mol. The van der Waals surface area contributed by atoms with Gasteiger partial charge in [0.15, 0.2) is 11.0 Å². The number of ketones is 1. The van der Waals surface area contributed by atoms with Crippen LogP contribution in [0, 0.1) is 0 Å². The first kappa shape index (κ1) is 23.8. The number of Topliss-reactive ketones (excluding diaryl/α,β-unsaturated/α-hetero) is 1. The summed E-state index contributed by atoms with van der Waals surface area (Å²) in [6, 6.07) is 11.9. The molecule has 2 amide bonds. The fourth-order valence-electron chi connectivity index (χ4n) is 4.03. The summed E-state index contributed by atoms with van der Waals surface area (Å²) in [5.74, 6) is -0.395. The van der Waals surface area contributed by atoms with Gasteiger partial charge in [-0.3, -0.25) is 19.3 Å². The molecular formula is C24H23Cl2N3O3S. The van der Waals surface area contributed by atoms with Gasteiger partial charge >= 0.3 is 0 Å². The number of anilines is 1. The molecule has 0 spiro atoms. The van der Waals surface area contributed by atoms with Crippen molar-refractivity contribution in [1.82, 2.24) is 4.90 Å². The van der Waals surface area contributed by atoms with Crippen LogP contribution < -0.4 is 5.32 Å². The molecule has 0 unspecified atom stereocenters. The van der Waals surface area contributed by atoms with Crippen LogP contribution in [0.15, 0.2) is 47.5 Å². The number of amidine groups is 1. The Kier molecular flexibility index (Phi) is 7.41. The third-order valence-corrected chi connectivity index (χ3v) is 7.62. The largest absolute Gasteiger partial charge is 0.326 e. The molecule has 172 valence electrons. The summed E-state index contributed by atoms with van der Waals surface area (Å²) in [6.45, 7) is 1.49. The quantitative estimate of drug-likeness (QED) is 0.483. The summed E-state index contributed by atoms with van der Waals surface area (Å²) in [5, 5.41) is 3.69. The number of thioether (sulfide) groups is 1. The van der Waals surface area contributed by atoms with E-state index >= 15 is 0 Å². The molecule has 4 rings (SSSR count). The van der Waals surface area contributed by atoms with Crippen molar-refractivity contribution in [2.75, 3.05) is 5.32 Å². The van der Waals surface area contributed by atoms with Crippen molar-refractivity contribution in [2.24, 2.45) is 4.99 Å².